The van der Waals surface area contributed by atoms with Crippen LogP contribution in [0.3, 0.4) is 0 Å². The molecule has 2 nitrogen and oxygen atoms in total. The molecule has 1 aliphatic carbocycles. The van der Waals surface area contributed by atoms with Crippen LogP contribution in [0.1, 0.15) is 44.4 Å². The number of hydrogen-bond donors (Lipinski definition) is 1. The van der Waals surface area contributed by atoms with E-state index in [-0.39, 0.29) is 17.2 Å². The molecule has 2 heteroatoms. The second kappa shape index (κ2) is 5.32. The van der Waals surface area contributed by atoms with Crippen molar-refractivity contribution in [2.24, 2.45) is 17.3 Å². The van der Waals surface area contributed by atoms with Crippen LogP contribution in [0.2, 0.25) is 0 Å². The van der Waals surface area contributed by atoms with Crippen molar-refractivity contribution >= 4 is 11.6 Å². The van der Waals surface area contributed by atoms with Gasteiger partial charge in [0.1, 0.15) is 0 Å². The van der Waals surface area contributed by atoms with E-state index >= 15 is 0 Å². The standard InChI is InChI=1S/C19H27NO/c1-11(2)8-15-16(19(15,6)7)18(21)20-17-13(4)9-12(3)10-14(17)5/h8-10,15-16H,1-7H3,(H,20,21). The number of aryl methyl sites for hydroxylation is 3. The SMILES string of the molecule is CC(C)=CC1C(C(=O)Nc2c(C)cc(C)cc2C)C1(C)C. The molecule has 1 aliphatic rings. The van der Waals surface area contributed by atoms with Crippen molar-refractivity contribution < 1.29 is 4.79 Å². The van der Waals surface area contributed by atoms with Crippen molar-refractivity contribution in [1.29, 1.82) is 0 Å². The van der Waals surface area contributed by atoms with E-state index in [1.54, 1.807) is 0 Å². The molecule has 114 valence electrons. The van der Waals surface area contributed by atoms with Crippen LogP contribution < -0.4 is 5.32 Å². The van der Waals surface area contributed by atoms with Gasteiger partial charge in [-0.3, -0.25) is 4.79 Å². The third kappa shape index (κ3) is 3.04. The molecule has 0 bridgehead atoms. The van der Waals surface area contributed by atoms with Crippen LogP contribution >= 0.6 is 0 Å². The average molecular weight is 285 g/mol. The number of amides is 1. The van der Waals surface area contributed by atoms with Crippen molar-refractivity contribution in [3.63, 3.8) is 0 Å². The van der Waals surface area contributed by atoms with Gasteiger partial charge >= 0.3 is 0 Å². The third-order valence-corrected chi connectivity index (χ3v) is 4.63. The number of allylic oxidation sites excluding steroid dienone is 2. The summed E-state index contributed by atoms with van der Waals surface area (Å²) in [5.41, 5.74) is 5.83. The maximum atomic E-state index is 12.6. The molecule has 0 radical (unpaired) electrons. The van der Waals surface area contributed by atoms with Gasteiger partial charge < -0.3 is 5.32 Å². The summed E-state index contributed by atoms with van der Waals surface area (Å²) in [6, 6.07) is 4.24. The van der Waals surface area contributed by atoms with Gasteiger partial charge in [0, 0.05) is 5.69 Å². The Morgan fingerprint density at radius 1 is 1.14 bits per heavy atom. The molecule has 2 rings (SSSR count). The molecule has 1 amide bonds. The largest absolute Gasteiger partial charge is 0.325 e. The van der Waals surface area contributed by atoms with E-state index in [4.69, 9.17) is 0 Å². The number of nitrogens with one attached hydrogen (secondary N) is 1. The number of hydrogen-bond acceptors (Lipinski definition) is 1. The zero-order chi connectivity index (χ0) is 15.9. The summed E-state index contributed by atoms with van der Waals surface area (Å²) in [7, 11) is 0. The van der Waals surface area contributed by atoms with Gasteiger partial charge in [0.05, 0.1) is 5.92 Å². The second-order valence-electron chi connectivity index (χ2n) is 7.33. The van der Waals surface area contributed by atoms with Crippen LogP contribution in [-0.2, 0) is 4.79 Å². The van der Waals surface area contributed by atoms with Crippen LogP contribution in [0, 0.1) is 38.0 Å². The van der Waals surface area contributed by atoms with Gasteiger partial charge in [-0.05, 0) is 57.1 Å². The first kappa shape index (κ1) is 15.8. The van der Waals surface area contributed by atoms with E-state index in [0.717, 1.165) is 16.8 Å². The molecular weight excluding hydrogens is 258 g/mol. The predicted molar refractivity (Wildman–Crippen MR) is 89.5 cm³/mol. The minimum Gasteiger partial charge on any atom is -0.325 e. The predicted octanol–water partition coefficient (Wildman–Crippen LogP) is 4.79. The van der Waals surface area contributed by atoms with Gasteiger partial charge in [0.2, 0.25) is 5.91 Å². The summed E-state index contributed by atoms with van der Waals surface area (Å²) in [6.07, 6.45) is 2.24. The Balaban J connectivity index is 2.19. The fourth-order valence-corrected chi connectivity index (χ4v) is 3.43. The smallest absolute Gasteiger partial charge is 0.228 e. The third-order valence-electron chi connectivity index (χ3n) is 4.63. The van der Waals surface area contributed by atoms with Crippen molar-refractivity contribution in [3.05, 3.63) is 40.5 Å². The number of rotatable bonds is 3. The van der Waals surface area contributed by atoms with Gasteiger partial charge in [0.15, 0.2) is 0 Å². The Hall–Kier alpha value is -1.57. The lowest BCUT2D eigenvalue weighted by molar-refractivity contribution is -0.118. The number of carbonyl (C=O) groups excluding carboxylic acids is 1. The van der Waals surface area contributed by atoms with Crippen molar-refractivity contribution in [1.82, 2.24) is 0 Å². The Morgan fingerprint density at radius 2 is 1.67 bits per heavy atom. The quantitative estimate of drug-likeness (QED) is 0.795. The normalized spacial score (nSPS) is 22.6. The van der Waals surface area contributed by atoms with Crippen LogP contribution in [-0.4, -0.2) is 5.91 Å². The van der Waals surface area contributed by atoms with E-state index in [0.29, 0.717) is 5.92 Å². The summed E-state index contributed by atoms with van der Waals surface area (Å²) in [5.74, 6) is 0.582. The topological polar surface area (TPSA) is 29.1 Å². The molecule has 0 heterocycles. The molecule has 1 saturated carbocycles. The minimum atomic E-state index is 0.0634. The molecule has 0 saturated heterocycles. The molecule has 0 aromatic heterocycles. The van der Waals surface area contributed by atoms with Crippen molar-refractivity contribution in [3.8, 4) is 0 Å². The number of anilines is 1. The monoisotopic (exact) mass is 285 g/mol. The van der Waals surface area contributed by atoms with Gasteiger partial charge in [-0.1, -0.05) is 43.2 Å². The maximum Gasteiger partial charge on any atom is 0.228 e. The summed E-state index contributed by atoms with van der Waals surface area (Å²) in [6.45, 7) is 14.7. The Labute approximate surface area is 128 Å². The molecule has 1 aromatic rings. The van der Waals surface area contributed by atoms with Gasteiger partial charge in [-0.25, -0.2) is 0 Å². The first-order valence-electron chi connectivity index (χ1n) is 7.68. The van der Waals surface area contributed by atoms with E-state index in [2.05, 4.69) is 72.0 Å². The van der Waals surface area contributed by atoms with Crippen molar-refractivity contribution in [2.75, 3.05) is 5.32 Å². The molecule has 1 N–H and O–H groups in total. The van der Waals surface area contributed by atoms with Crippen LogP contribution in [0.25, 0.3) is 0 Å². The highest BCUT2D eigenvalue weighted by Crippen LogP contribution is 2.59. The first-order chi connectivity index (χ1) is 9.64. The zero-order valence-corrected chi connectivity index (χ0v) is 14.3. The lowest BCUT2D eigenvalue weighted by Crippen LogP contribution is -2.18. The number of carbonyl (C=O) groups is 1. The molecule has 2 atom stereocenters. The van der Waals surface area contributed by atoms with E-state index in [1.165, 1.54) is 11.1 Å². The highest BCUT2D eigenvalue weighted by Gasteiger charge is 2.60. The van der Waals surface area contributed by atoms with Gasteiger partial charge in [0.25, 0.3) is 0 Å². The molecule has 21 heavy (non-hydrogen) atoms. The fourth-order valence-electron chi connectivity index (χ4n) is 3.43. The molecular formula is C19H27NO. The summed E-state index contributed by atoms with van der Waals surface area (Å²) in [4.78, 5) is 12.6. The lowest BCUT2D eigenvalue weighted by Gasteiger charge is -2.13. The van der Waals surface area contributed by atoms with E-state index in [1.807, 2.05) is 0 Å². The molecule has 1 aromatic carbocycles. The number of benzene rings is 1. The van der Waals surface area contributed by atoms with Gasteiger partial charge in [-0.15, -0.1) is 0 Å². The Kier molecular flexibility index (Phi) is 4.01. The van der Waals surface area contributed by atoms with E-state index < -0.39 is 0 Å². The minimum absolute atomic E-state index is 0.0634. The van der Waals surface area contributed by atoms with E-state index in [9.17, 15) is 4.79 Å². The Morgan fingerprint density at radius 3 is 2.14 bits per heavy atom. The summed E-state index contributed by atoms with van der Waals surface area (Å²) in [5, 5.41) is 3.16. The van der Waals surface area contributed by atoms with Gasteiger partial charge in [-0.2, -0.15) is 0 Å². The Bertz CT molecular complexity index is 583. The molecule has 2 unspecified atom stereocenters. The molecule has 0 spiro atoms. The van der Waals surface area contributed by atoms with Crippen molar-refractivity contribution in [2.45, 2.75) is 48.5 Å². The maximum absolute atomic E-state index is 12.6. The zero-order valence-electron chi connectivity index (χ0n) is 14.3. The first-order valence-corrected chi connectivity index (χ1v) is 7.68. The fraction of sp³-hybridized carbons (Fsp3) is 0.526. The second-order valence-corrected chi connectivity index (χ2v) is 7.33. The summed E-state index contributed by atoms with van der Waals surface area (Å²) < 4.78 is 0. The highest BCUT2D eigenvalue weighted by molar-refractivity contribution is 5.97. The average Bonchev–Trinajstić information content (AvgIpc) is 2.84. The van der Waals surface area contributed by atoms with Crippen LogP contribution in [0.4, 0.5) is 5.69 Å². The van der Waals surface area contributed by atoms with Crippen LogP contribution in [0.15, 0.2) is 23.8 Å². The molecule has 1 fully saturated rings. The molecule has 0 aliphatic heterocycles. The summed E-state index contributed by atoms with van der Waals surface area (Å²) >= 11 is 0. The highest BCUT2D eigenvalue weighted by atomic mass is 16.2. The van der Waals surface area contributed by atoms with Crippen LogP contribution in [0.5, 0.6) is 0 Å². The lowest BCUT2D eigenvalue weighted by atomic mass is 10.0.